The van der Waals surface area contributed by atoms with Crippen molar-refractivity contribution in [2.45, 2.75) is 45.6 Å². The highest BCUT2D eigenvalue weighted by Crippen LogP contribution is 2.32. The summed E-state index contributed by atoms with van der Waals surface area (Å²) in [5.41, 5.74) is 2.16. The predicted octanol–water partition coefficient (Wildman–Crippen LogP) is 3.72. The molecule has 2 amide bonds. The molecule has 0 radical (unpaired) electrons. The molecule has 5 rings (SSSR count). The van der Waals surface area contributed by atoms with E-state index in [9.17, 15) is 9.59 Å². The van der Waals surface area contributed by atoms with Crippen molar-refractivity contribution >= 4 is 23.3 Å². The van der Waals surface area contributed by atoms with Gasteiger partial charge in [-0.05, 0) is 52.2 Å². The Labute approximate surface area is 204 Å². The van der Waals surface area contributed by atoms with Gasteiger partial charge in [0.05, 0.1) is 18.3 Å². The summed E-state index contributed by atoms with van der Waals surface area (Å²) >= 11 is 0. The standard InChI is InChI=1S/C25H32N6O4/c1-25(2,3)35-24(33)30-9-7-16(14-30)15-34-20-13-26-29(4)22(20)18-8-10-31-19(11-18)12-21(28-31)27-23(32)17-5-6-17/h8,10-13,16-17H,5-7,9,14-15H2,1-4H3,(H,27,28,32)/t16-/m1/s1. The van der Waals surface area contributed by atoms with Gasteiger partial charge in [-0.3, -0.25) is 9.48 Å². The fourth-order valence-electron chi connectivity index (χ4n) is 4.30. The van der Waals surface area contributed by atoms with Crippen molar-refractivity contribution in [1.29, 1.82) is 0 Å². The number of aryl methyl sites for hydroxylation is 1. The molecule has 0 aromatic carbocycles. The van der Waals surface area contributed by atoms with E-state index in [1.54, 1.807) is 20.3 Å². The zero-order chi connectivity index (χ0) is 24.7. The predicted molar refractivity (Wildman–Crippen MR) is 130 cm³/mol. The molecule has 4 heterocycles. The van der Waals surface area contributed by atoms with Crippen LogP contribution in [-0.4, -0.2) is 61.6 Å². The third kappa shape index (κ3) is 5.26. The number of aromatic nitrogens is 4. The van der Waals surface area contributed by atoms with Crippen molar-refractivity contribution in [3.63, 3.8) is 0 Å². The first-order valence-electron chi connectivity index (χ1n) is 12.1. The Bertz CT molecular complexity index is 1250. The number of fused-ring (bicyclic) bond motifs is 1. The molecule has 3 aromatic rings. The fourth-order valence-corrected chi connectivity index (χ4v) is 4.30. The number of hydrogen-bond donors (Lipinski definition) is 1. The Balaban J connectivity index is 1.25. The maximum atomic E-state index is 12.3. The lowest BCUT2D eigenvalue weighted by atomic mass is 10.1. The highest BCUT2D eigenvalue weighted by Gasteiger charge is 2.31. The topological polar surface area (TPSA) is 103 Å². The van der Waals surface area contributed by atoms with Crippen LogP contribution in [0.2, 0.25) is 0 Å². The summed E-state index contributed by atoms with van der Waals surface area (Å²) in [4.78, 5) is 26.2. The molecule has 0 spiro atoms. The molecule has 35 heavy (non-hydrogen) atoms. The quantitative estimate of drug-likeness (QED) is 0.577. The van der Waals surface area contributed by atoms with Crippen LogP contribution in [0.1, 0.15) is 40.0 Å². The van der Waals surface area contributed by atoms with E-state index in [1.807, 2.05) is 52.2 Å². The summed E-state index contributed by atoms with van der Waals surface area (Å²) in [5, 5.41) is 11.7. The summed E-state index contributed by atoms with van der Waals surface area (Å²) < 4.78 is 15.2. The Morgan fingerprint density at radius 3 is 2.74 bits per heavy atom. The first-order valence-corrected chi connectivity index (χ1v) is 12.1. The van der Waals surface area contributed by atoms with Crippen LogP contribution in [0.15, 0.2) is 30.6 Å². The van der Waals surface area contributed by atoms with Gasteiger partial charge in [0.2, 0.25) is 5.91 Å². The number of ether oxygens (including phenoxy) is 2. The number of carbonyl (C=O) groups excluding carboxylic acids is 2. The molecule has 1 aliphatic carbocycles. The maximum Gasteiger partial charge on any atom is 0.410 e. The van der Waals surface area contributed by atoms with Crippen molar-refractivity contribution in [1.82, 2.24) is 24.3 Å². The first kappa shape index (κ1) is 23.2. The number of rotatable bonds is 6. The molecule has 1 atom stereocenters. The monoisotopic (exact) mass is 480 g/mol. The second kappa shape index (κ2) is 8.90. The number of amides is 2. The number of likely N-dealkylation sites (tertiary alicyclic amines) is 1. The molecule has 1 saturated carbocycles. The second-order valence-corrected chi connectivity index (χ2v) is 10.5. The molecule has 0 unspecified atom stereocenters. The molecule has 2 aliphatic rings. The summed E-state index contributed by atoms with van der Waals surface area (Å²) in [5.74, 6) is 1.63. The van der Waals surface area contributed by atoms with Crippen molar-refractivity contribution in [2.24, 2.45) is 18.9 Å². The molecule has 1 saturated heterocycles. The van der Waals surface area contributed by atoms with Gasteiger partial charge in [-0.1, -0.05) is 0 Å². The van der Waals surface area contributed by atoms with Crippen molar-refractivity contribution in [3.8, 4) is 17.0 Å². The SMILES string of the molecule is Cn1ncc(OC[C@@H]2CCN(C(=O)OC(C)(C)C)C2)c1-c1ccn2nc(NC(=O)C3CC3)cc2c1. The van der Waals surface area contributed by atoms with Crippen LogP contribution in [-0.2, 0) is 16.6 Å². The average molecular weight is 481 g/mol. The van der Waals surface area contributed by atoms with Crippen LogP contribution in [0.25, 0.3) is 16.8 Å². The van der Waals surface area contributed by atoms with Crippen LogP contribution in [0.4, 0.5) is 10.6 Å². The first-order chi connectivity index (χ1) is 16.7. The van der Waals surface area contributed by atoms with E-state index in [-0.39, 0.29) is 23.8 Å². The van der Waals surface area contributed by atoms with E-state index < -0.39 is 5.60 Å². The van der Waals surface area contributed by atoms with Crippen molar-refractivity contribution in [2.75, 3.05) is 25.0 Å². The lowest BCUT2D eigenvalue weighted by molar-refractivity contribution is -0.117. The van der Waals surface area contributed by atoms with Gasteiger partial charge in [-0.25, -0.2) is 9.31 Å². The minimum Gasteiger partial charge on any atom is -0.489 e. The number of carbonyl (C=O) groups is 2. The molecule has 1 N–H and O–H groups in total. The summed E-state index contributed by atoms with van der Waals surface area (Å²) in [6.45, 7) is 7.39. The smallest absolute Gasteiger partial charge is 0.410 e. The lowest BCUT2D eigenvalue weighted by Crippen LogP contribution is -2.35. The van der Waals surface area contributed by atoms with E-state index in [0.29, 0.717) is 31.3 Å². The molecule has 10 nitrogen and oxygen atoms in total. The lowest BCUT2D eigenvalue weighted by Gasteiger charge is -2.24. The molecule has 186 valence electrons. The van der Waals surface area contributed by atoms with E-state index in [2.05, 4.69) is 15.5 Å². The van der Waals surface area contributed by atoms with Gasteiger partial charge in [0.25, 0.3) is 0 Å². The molecular formula is C25H32N6O4. The van der Waals surface area contributed by atoms with Gasteiger partial charge in [-0.2, -0.15) is 10.2 Å². The van der Waals surface area contributed by atoms with Gasteiger partial charge >= 0.3 is 6.09 Å². The average Bonchev–Trinajstić information content (AvgIpc) is 3.22. The van der Waals surface area contributed by atoms with E-state index >= 15 is 0 Å². The molecule has 1 aliphatic heterocycles. The second-order valence-electron chi connectivity index (χ2n) is 10.5. The van der Waals surface area contributed by atoms with Crippen LogP contribution >= 0.6 is 0 Å². The number of pyridine rings is 1. The number of nitrogens with zero attached hydrogens (tertiary/aromatic N) is 5. The van der Waals surface area contributed by atoms with E-state index in [1.165, 1.54) is 0 Å². The third-order valence-electron chi connectivity index (χ3n) is 6.25. The highest BCUT2D eigenvalue weighted by molar-refractivity contribution is 5.93. The zero-order valence-corrected chi connectivity index (χ0v) is 20.7. The Morgan fingerprint density at radius 1 is 1.20 bits per heavy atom. The van der Waals surface area contributed by atoms with Crippen molar-refractivity contribution in [3.05, 3.63) is 30.6 Å². The summed E-state index contributed by atoms with van der Waals surface area (Å²) in [6.07, 6.45) is 6.08. The fraction of sp³-hybridized carbons (Fsp3) is 0.520. The summed E-state index contributed by atoms with van der Waals surface area (Å²) in [6, 6.07) is 5.82. The molecule has 3 aromatic heterocycles. The van der Waals surface area contributed by atoms with Crippen LogP contribution in [0, 0.1) is 11.8 Å². The molecule has 2 fully saturated rings. The van der Waals surface area contributed by atoms with Crippen LogP contribution in [0.3, 0.4) is 0 Å². The van der Waals surface area contributed by atoms with E-state index in [4.69, 9.17) is 9.47 Å². The normalized spacial score (nSPS) is 18.2. The number of hydrogen-bond acceptors (Lipinski definition) is 6. The van der Waals surface area contributed by atoms with Gasteiger partial charge in [-0.15, -0.1) is 0 Å². The van der Waals surface area contributed by atoms with Crippen LogP contribution in [0.5, 0.6) is 5.75 Å². The largest absolute Gasteiger partial charge is 0.489 e. The van der Waals surface area contributed by atoms with Gasteiger partial charge in [0.15, 0.2) is 11.6 Å². The van der Waals surface area contributed by atoms with Crippen LogP contribution < -0.4 is 10.1 Å². The molecule has 0 bridgehead atoms. The Kier molecular flexibility index (Phi) is 5.90. The molecular weight excluding hydrogens is 448 g/mol. The highest BCUT2D eigenvalue weighted by atomic mass is 16.6. The van der Waals surface area contributed by atoms with E-state index in [0.717, 1.165) is 36.0 Å². The Hall–Kier alpha value is -3.56. The maximum absolute atomic E-state index is 12.3. The van der Waals surface area contributed by atoms with Gasteiger partial charge in [0, 0.05) is 49.8 Å². The number of nitrogens with one attached hydrogen (secondary N) is 1. The van der Waals surface area contributed by atoms with Crippen molar-refractivity contribution < 1.29 is 19.1 Å². The zero-order valence-electron chi connectivity index (χ0n) is 20.7. The van der Waals surface area contributed by atoms with Gasteiger partial charge in [0.1, 0.15) is 11.3 Å². The summed E-state index contributed by atoms with van der Waals surface area (Å²) in [7, 11) is 1.88. The minimum absolute atomic E-state index is 0.0353. The Morgan fingerprint density at radius 2 is 2.00 bits per heavy atom. The third-order valence-corrected chi connectivity index (χ3v) is 6.25. The molecule has 10 heteroatoms. The van der Waals surface area contributed by atoms with Gasteiger partial charge < -0.3 is 19.7 Å². The number of anilines is 1. The minimum atomic E-state index is -0.504.